The largest absolute Gasteiger partial charge is 0.494 e. The lowest BCUT2D eigenvalue weighted by Crippen LogP contribution is -1.88. The maximum Gasteiger partial charge on any atom is 0.258 e. The van der Waals surface area contributed by atoms with Crippen LogP contribution in [0.25, 0.3) is 34.0 Å². The van der Waals surface area contributed by atoms with Crippen LogP contribution in [0.3, 0.4) is 0 Å². The molecule has 4 aromatic rings. The first-order valence-electron chi connectivity index (χ1n) is 10.6. The maximum atomic E-state index is 14.0. The summed E-state index contributed by atoms with van der Waals surface area (Å²) < 4.78 is 24.2. The summed E-state index contributed by atoms with van der Waals surface area (Å²) in [6.45, 7) is 2.22. The van der Waals surface area contributed by atoms with E-state index in [-0.39, 0.29) is 11.6 Å². The van der Waals surface area contributed by atoms with E-state index in [0.717, 1.165) is 17.5 Å². The second kappa shape index (κ2) is 9.56. The lowest BCUT2D eigenvalue weighted by atomic mass is 10.0. The Kier molecular flexibility index (Phi) is 6.41. The van der Waals surface area contributed by atoms with Gasteiger partial charge in [-0.25, -0.2) is 4.39 Å². The highest BCUT2D eigenvalue weighted by Crippen LogP contribution is 2.28. The van der Waals surface area contributed by atoms with Gasteiger partial charge in [0, 0.05) is 11.1 Å². The highest BCUT2D eigenvalue weighted by atomic mass is 19.1. The molecule has 0 aliphatic rings. The summed E-state index contributed by atoms with van der Waals surface area (Å²) in [4.78, 5) is 4.41. The van der Waals surface area contributed by atoms with Crippen molar-refractivity contribution < 1.29 is 13.7 Å². The van der Waals surface area contributed by atoms with Crippen LogP contribution in [0.15, 0.2) is 71.3 Å². The first-order valence-corrected chi connectivity index (χ1v) is 10.6. The Balaban J connectivity index is 1.48. The molecule has 0 atom stereocenters. The SMILES string of the molecule is CCCCCc1ccc(-c2ccc(-c3noc(-c4ccc(OC)c(F)c4)n3)cc2)cc1. The van der Waals surface area contributed by atoms with E-state index in [1.54, 1.807) is 12.1 Å². The molecular weight excluding hydrogens is 391 g/mol. The monoisotopic (exact) mass is 416 g/mol. The molecule has 0 unspecified atom stereocenters. The number of rotatable bonds is 8. The molecule has 158 valence electrons. The summed E-state index contributed by atoms with van der Waals surface area (Å²) in [6, 6.07) is 21.3. The van der Waals surface area contributed by atoms with Crippen LogP contribution >= 0.6 is 0 Å². The minimum absolute atomic E-state index is 0.174. The lowest BCUT2D eigenvalue weighted by molar-refractivity contribution is 0.386. The van der Waals surface area contributed by atoms with Gasteiger partial charge in [0.05, 0.1) is 7.11 Å². The Hall–Kier alpha value is -3.47. The van der Waals surface area contributed by atoms with Crippen LogP contribution in [0, 0.1) is 5.82 Å². The van der Waals surface area contributed by atoms with Crippen LogP contribution in [0.4, 0.5) is 4.39 Å². The van der Waals surface area contributed by atoms with Gasteiger partial charge in [0.25, 0.3) is 5.89 Å². The number of benzene rings is 3. The first kappa shape index (κ1) is 20.8. The number of aryl methyl sites for hydroxylation is 1. The van der Waals surface area contributed by atoms with Crippen LogP contribution in [0.5, 0.6) is 5.75 Å². The molecule has 4 nitrogen and oxygen atoms in total. The molecule has 1 aromatic heterocycles. The smallest absolute Gasteiger partial charge is 0.258 e. The zero-order chi connectivity index (χ0) is 21.6. The van der Waals surface area contributed by atoms with Crippen molar-refractivity contribution in [1.82, 2.24) is 10.1 Å². The Morgan fingerprint density at radius 2 is 1.48 bits per heavy atom. The van der Waals surface area contributed by atoms with Crippen LogP contribution in [-0.4, -0.2) is 17.3 Å². The van der Waals surface area contributed by atoms with E-state index in [1.165, 1.54) is 43.6 Å². The van der Waals surface area contributed by atoms with Gasteiger partial charge in [0.2, 0.25) is 5.82 Å². The molecule has 0 aliphatic carbocycles. The molecule has 0 amide bonds. The average Bonchev–Trinajstić information content (AvgIpc) is 3.30. The van der Waals surface area contributed by atoms with Crippen molar-refractivity contribution in [2.75, 3.05) is 7.11 Å². The maximum absolute atomic E-state index is 14.0. The second-order valence-corrected chi connectivity index (χ2v) is 7.50. The van der Waals surface area contributed by atoms with E-state index in [1.807, 2.05) is 24.3 Å². The Morgan fingerprint density at radius 1 is 0.839 bits per heavy atom. The van der Waals surface area contributed by atoms with Gasteiger partial charge in [-0.1, -0.05) is 73.5 Å². The normalized spacial score (nSPS) is 10.9. The van der Waals surface area contributed by atoms with E-state index >= 15 is 0 Å². The number of hydrogen-bond donors (Lipinski definition) is 0. The van der Waals surface area contributed by atoms with E-state index in [4.69, 9.17) is 9.26 Å². The molecular formula is C26H25FN2O2. The molecule has 0 aliphatic heterocycles. The number of unbranched alkanes of at least 4 members (excludes halogenated alkanes) is 2. The Morgan fingerprint density at radius 3 is 2.13 bits per heavy atom. The molecule has 3 aromatic carbocycles. The zero-order valence-corrected chi connectivity index (χ0v) is 17.8. The quantitative estimate of drug-likeness (QED) is 0.292. The van der Waals surface area contributed by atoms with Crippen LogP contribution < -0.4 is 4.74 Å². The van der Waals surface area contributed by atoms with E-state index in [0.29, 0.717) is 11.4 Å². The van der Waals surface area contributed by atoms with Gasteiger partial charge < -0.3 is 9.26 Å². The van der Waals surface area contributed by atoms with Gasteiger partial charge in [0.15, 0.2) is 11.6 Å². The van der Waals surface area contributed by atoms with Crippen molar-refractivity contribution >= 4 is 0 Å². The highest BCUT2D eigenvalue weighted by molar-refractivity contribution is 5.68. The molecule has 31 heavy (non-hydrogen) atoms. The van der Waals surface area contributed by atoms with Crippen molar-refractivity contribution in [2.24, 2.45) is 0 Å². The van der Waals surface area contributed by atoms with Gasteiger partial charge in [-0.2, -0.15) is 4.98 Å². The van der Waals surface area contributed by atoms with Gasteiger partial charge in [-0.3, -0.25) is 0 Å². The van der Waals surface area contributed by atoms with Crippen molar-refractivity contribution in [2.45, 2.75) is 32.6 Å². The number of aromatic nitrogens is 2. The standard InChI is InChI=1S/C26H25FN2O2/c1-3-4-5-6-18-7-9-19(10-8-18)20-11-13-21(14-12-20)25-28-26(31-29-25)22-15-16-24(30-2)23(27)17-22/h7-17H,3-6H2,1-2H3. The summed E-state index contributed by atoms with van der Waals surface area (Å²) in [7, 11) is 1.43. The van der Waals surface area contributed by atoms with Gasteiger partial charge in [-0.15, -0.1) is 0 Å². The number of ether oxygens (including phenoxy) is 1. The molecule has 5 heteroatoms. The van der Waals surface area contributed by atoms with Gasteiger partial charge >= 0.3 is 0 Å². The third-order valence-electron chi connectivity index (χ3n) is 5.32. The summed E-state index contributed by atoms with van der Waals surface area (Å²) in [5.41, 5.74) is 5.03. The van der Waals surface area contributed by atoms with Crippen molar-refractivity contribution in [3.05, 3.63) is 78.1 Å². The summed E-state index contributed by atoms with van der Waals surface area (Å²) in [5, 5.41) is 4.04. The lowest BCUT2D eigenvalue weighted by Gasteiger charge is -2.05. The predicted octanol–water partition coefficient (Wildman–Crippen LogP) is 6.95. The fourth-order valence-corrected chi connectivity index (χ4v) is 3.51. The predicted molar refractivity (Wildman–Crippen MR) is 120 cm³/mol. The summed E-state index contributed by atoms with van der Waals surface area (Å²) in [6.07, 6.45) is 4.88. The summed E-state index contributed by atoms with van der Waals surface area (Å²) in [5.74, 6) is 0.428. The van der Waals surface area contributed by atoms with Crippen molar-refractivity contribution in [3.8, 4) is 39.7 Å². The number of halogens is 1. The topological polar surface area (TPSA) is 48.2 Å². The van der Waals surface area contributed by atoms with Gasteiger partial charge in [0.1, 0.15) is 0 Å². The first-order chi connectivity index (χ1) is 15.2. The number of nitrogens with zero attached hydrogens (tertiary/aromatic N) is 2. The number of methoxy groups -OCH3 is 1. The fraction of sp³-hybridized carbons (Fsp3) is 0.231. The third kappa shape index (κ3) is 4.82. The minimum atomic E-state index is -0.472. The second-order valence-electron chi connectivity index (χ2n) is 7.50. The molecule has 0 N–H and O–H groups in total. The van der Waals surface area contributed by atoms with Crippen molar-refractivity contribution in [1.29, 1.82) is 0 Å². The molecule has 4 rings (SSSR count). The van der Waals surface area contributed by atoms with Gasteiger partial charge in [-0.05, 0) is 47.7 Å². The molecule has 0 fully saturated rings. The molecule has 0 bridgehead atoms. The van der Waals surface area contributed by atoms with Crippen LogP contribution in [-0.2, 0) is 6.42 Å². The fourth-order valence-electron chi connectivity index (χ4n) is 3.51. The number of hydrogen-bond acceptors (Lipinski definition) is 4. The zero-order valence-electron chi connectivity index (χ0n) is 17.8. The molecule has 0 radical (unpaired) electrons. The Bertz CT molecular complexity index is 1140. The highest BCUT2D eigenvalue weighted by Gasteiger charge is 2.13. The third-order valence-corrected chi connectivity index (χ3v) is 5.32. The molecule has 0 spiro atoms. The van der Waals surface area contributed by atoms with E-state index < -0.39 is 5.82 Å². The van der Waals surface area contributed by atoms with Crippen LogP contribution in [0.2, 0.25) is 0 Å². The minimum Gasteiger partial charge on any atom is -0.494 e. The van der Waals surface area contributed by atoms with E-state index in [2.05, 4.69) is 41.3 Å². The molecule has 1 heterocycles. The van der Waals surface area contributed by atoms with Crippen molar-refractivity contribution in [3.63, 3.8) is 0 Å². The Labute approximate surface area is 181 Å². The average molecular weight is 416 g/mol. The molecule has 0 saturated carbocycles. The molecule has 0 saturated heterocycles. The summed E-state index contributed by atoms with van der Waals surface area (Å²) >= 11 is 0. The van der Waals surface area contributed by atoms with Crippen LogP contribution in [0.1, 0.15) is 31.7 Å². The van der Waals surface area contributed by atoms with E-state index in [9.17, 15) is 4.39 Å².